The zero-order valence-electron chi connectivity index (χ0n) is 10.2. The maximum absolute atomic E-state index is 13.6. The van der Waals surface area contributed by atoms with Crippen LogP contribution in [0.2, 0.25) is 0 Å². The Hall–Kier alpha value is -1.13. The van der Waals surface area contributed by atoms with E-state index >= 15 is 0 Å². The number of hydrogen-bond donors (Lipinski definition) is 1. The van der Waals surface area contributed by atoms with Gasteiger partial charge in [-0.05, 0) is 25.0 Å². The molecule has 1 aromatic carbocycles. The summed E-state index contributed by atoms with van der Waals surface area (Å²) in [6, 6.07) is 5.13. The quantitative estimate of drug-likeness (QED) is 0.874. The second-order valence-electron chi connectivity index (χ2n) is 4.39. The van der Waals surface area contributed by atoms with Gasteiger partial charge in [0.2, 0.25) is 0 Å². The molecular formula is C13H19FN2O. The predicted octanol–water partition coefficient (Wildman–Crippen LogP) is 1.90. The molecule has 94 valence electrons. The van der Waals surface area contributed by atoms with Gasteiger partial charge in [-0.15, -0.1) is 0 Å². The molecule has 0 aromatic heterocycles. The third-order valence-corrected chi connectivity index (χ3v) is 3.35. The molecule has 1 aromatic rings. The lowest BCUT2D eigenvalue weighted by molar-refractivity contribution is 0.0893. The Morgan fingerprint density at radius 1 is 1.53 bits per heavy atom. The van der Waals surface area contributed by atoms with Gasteiger partial charge in [-0.25, -0.2) is 4.39 Å². The van der Waals surface area contributed by atoms with E-state index in [-0.39, 0.29) is 18.5 Å². The van der Waals surface area contributed by atoms with E-state index in [1.807, 2.05) is 6.07 Å². The van der Waals surface area contributed by atoms with Crippen molar-refractivity contribution < 1.29 is 9.13 Å². The summed E-state index contributed by atoms with van der Waals surface area (Å²) < 4.78 is 19.0. The Morgan fingerprint density at radius 3 is 3.06 bits per heavy atom. The molecule has 1 atom stereocenters. The van der Waals surface area contributed by atoms with Crippen molar-refractivity contribution in [2.45, 2.75) is 25.5 Å². The van der Waals surface area contributed by atoms with Gasteiger partial charge in [0, 0.05) is 38.0 Å². The molecule has 1 aliphatic rings. The van der Waals surface area contributed by atoms with Crippen LogP contribution in [0.5, 0.6) is 0 Å². The lowest BCUT2D eigenvalue weighted by Gasteiger charge is -2.34. The average Bonchev–Trinajstić information content (AvgIpc) is 2.38. The lowest BCUT2D eigenvalue weighted by Crippen LogP contribution is -2.40. The van der Waals surface area contributed by atoms with Gasteiger partial charge in [0.05, 0.1) is 6.10 Å². The van der Waals surface area contributed by atoms with Gasteiger partial charge >= 0.3 is 0 Å². The minimum atomic E-state index is -0.218. The van der Waals surface area contributed by atoms with Crippen LogP contribution in [0.15, 0.2) is 18.2 Å². The summed E-state index contributed by atoms with van der Waals surface area (Å²) in [7, 11) is 1.73. The molecule has 4 heteroatoms. The first-order chi connectivity index (χ1) is 8.26. The highest BCUT2D eigenvalue weighted by Crippen LogP contribution is 2.26. The van der Waals surface area contributed by atoms with Crippen LogP contribution in [-0.2, 0) is 11.3 Å². The summed E-state index contributed by atoms with van der Waals surface area (Å²) in [6.07, 6.45) is 2.37. The summed E-state index contributed by atoms with van der Waals surface area (Å²) in [6.45, 7) is 1.99. The Morgan fingerprint density at radius 2 is 2.35 bits per heavy atom. The predicted molar refractivity (Wildman–Crippen MR) is 66.5 cm³/mol. The zero-order valence-corrected chi connectivity index (χ0v) is 10.2. The number of ether oxygens (including phenoxy) is 1. The highest BCUT2D eigenvalue weighted by molar-refractivity contribution is 5.54. The van der Waals surface area contributed by atoms with Crippen LogP contribution < -0.4 is 10.6 Å². The Kier molecular flexibility index (Phi) is 3.97. The van der Waals surface area contributed by atoms with E-state index in [9.17, 15) is 4.39 Å². The van der Waals surface area contributed by atoms with E-state index in [0.29, 0.717) is 5.56 Å². The summed E-state index contributed by atoms with van der Waals surface area (Å²) in [5.41, 5.74) is 7.14. The number of anilines is 1. The number of methoxy groups -OCH3 is 1. The van der Waals surface area contributed by atoms with Gasteiger partial charge in [-0.3, -0.25) is 0 Å². The van der Waals surface area contributed by atoms with Gasteiger partial charge < -0.3 is 15.4 Å². The Labute approximate surface area is 101 Å². The van der Waals surface area contributed by atoms with Crippen LogP contribution in [0.1, 0.15) is 18.4 Å². The number of nitrogens with two attached hydrogens (primary N) is 1. The number of halogens is 1. The van der Waals surface area contributed by atoms with Crippen LogP contribution in [0, 0.1) is 5.82 Å². The molecule has 3 nitrogen and oxygen atoms in total. The van der Waals surface area contributed by atoms with E-state index < -0.39 is 0 Å². The van der Waals surface area contributed by atoms with Gasteiger partial charge in [0.25, 0.3) is 0 Å². The molecule has 0 bridgehead atoms. The van der Waals surface area contributed by atoms with Crippen molar-refractivity contribution in [1.29, 1.82) is 0 Å². The van der Waals surface area contributed by atoms with Crippen LogP contribution in [-0.4, -0.2) is 26.3 Å². The van der Waals surface area contributed by atoms with Crippen LogP contribution >= 0.6 is 0 Å². The molecule has 1 heterocycles. The Balaban J connectivity index is 2.24. The molecule has 1 saturated heterocycles. The highest BCUT2D eigenvalue weighted by atomic mass is 19.1. The molecule has 2 N–H and O–H groups in total. The molecule has 2 rings (SSSR count). The SMILES string of the molecule is COC1CCCN(c2cccc(F)c2CN)C1. The normalized spacial score (nSPS) is 20.6. The van der Waals surface area contributed by atoms with Crippen molar-refractivity contribution >= 4 is 5.69 Å². The van der Waals surface area contributed by atoms with Crippen molar-refractivity contribution in [2.75, 3.05) is 25.1 Å². The lowest BCUT2D eigenvalue weighted by atomic mass is 10.0. The first-order valence-electron chi connectivity index (χ1n) is 6.01. The molecule has 0 saturated carbocycles. The molecule has 0 spiro atoms. The summed E-state index contributed by atoms with van der Waals surface area (Å²) in [5.74, 6) is -0.218. The van der Waals surface area contributed by atoms with Crippen molar-refractivity contribution in [3.05, 3.63) is 29.6 Å². The van der Waals surface area contributed by atoms with Crippen molar-refractivity contribution in [3.8, 4) is 0 Å². The smallest absolute Gasteiger partial charge is 0.129 e. The van der Waals surface area contributed by atoms with Crippen molar-refractivity contribution in [1.82, 2.24) is 0 Å². The topological polar surface area (TPSA) is 38.5 Å². The average molecular weight is 238 g/mol. The first-order valence-corrected chi connectivity index (χ1v) is 6.01. The molecule has 0 radical (unpaired) electrons. The maximum Gasteiger partial charge on any atom is 0.129 e. The van der Waals surface area contributed by atoms with E-state index in [1.54, 1.807) is 13.2 Å². The number of benzene rings is 1. The van der Waals surface area contributed by atoms with Crippen LogP contribution in [0.4, 0.5) is 10.1 Å². The van der Waals surface area contributed by atoms with Gasteiger partial charge in [0.1, 0.15) is 5.82 Å². The second kappa shape index (κ2) is 5.47. The minimum absolute atomic E-state index is 0.218. The second-order valence-corrected chi connectivity index (χ2v) is 4.39. The van der Waals surface area contributed by atoms with Crippen LogP contribution in [0.25, 0.3) is 0 Å². The fraction of sp³-hybridized carbons (Fsp3) is 0.538. The van der Waals surface area contributed by atoms with Gasteiger partial charge in [0.15, 0.2) is 0 Å². The molecule has 0 aliphatic carbocycles. The highest BCUT2D eigenvalue weighted by Gasteiger charge is 2.22. The number of piperidine rings is 1. The van der Waals surface area contributed by atoms with Crippen molar-refractivity contribution in [2.24, 2.45) is 5.73 Å². The standard InChI is InChI=1S/C13H19FN2O/c1-17-10-4-3-7-16(9-10)13-6-2-5-12(14)11(13)8-15/h2,5-6,10H,3-4,7-9,15H2,1H3. The largest absolute Gasteiger partial charge is 0.380 e. The molecule has 17 heavy (non-hydrogen) atoms. The van der Waals surface area contributed by atoms with Crippen LogP contribution in [0.3, 0.4) is 0 Å². The number of nitrogens with zero attached hydrogens (tertiary/aromatic N) is 1. The molecular weight excluding hydrogens is 219 g/mol. The first kappa shape index (κ1) is 12.3. The number of rotatable bonds is 3. The fourth-order valence-corrected chi connectivity index (χ4v) is 2.40. The van der Waals surface area contributed by atoms with E-state index in [4.69, 9.17) is 10.5 Å². The van der Waals surface area contributed by atoms with E-state index in [0.717, 1.165) is 31.6 Å². The molecule has 1 unspecified atom stereocenters. The van der Waals surface area contributed by atoms with Crippen molar-refractivity contribution in [3.63, 3.8) is 0 Å². The molecule has 0 amide bonds. The minimum Gasteiger partial charge on any atom is -0.380 e. The molecule has 1 aliphatic heterocycles. The Bertz CT molecular complexity index is 384. The van der Waals surface area contributed by atoms with Gasteiger partial charge in [-0.1, -0.05) is 6.07 Å². The third kappa shape index (κ3) is 2.58. The fourth-order valence-electron chi connectivity index (χ4n) is 2.40. The van der Waals surface area contributed by atoms with E-state index in [2.05, 4.69) is 4.90 Å². The zero-order chi connectivity index (χ0) is 12.3. The third-order valence-electron chi connectivity index (χ3n) is 3.35. The molecule has 1 fully saturated rings. The monoisotopic (exact) mass is 238 g/mol. The number of hydrogen-bond acceptors (Lipinski definition) is 3. The maximum atomic E-state index is 13.6. The summed E-state index contributed by atoms with van der Waals surface area (Å²) in [4.78, 5) is 2.17. The summed E-state index contributed by atoms with van der Waals surface area (Å²) >= 11 is 0. The summed E-state index contributed by atoms with van der Waals surface area (Å²) in [5, 5.41) is 0. The van der Waals surface area contributed by atoms with E-state index in [1.165, 1.54) is 6.07 Å². The van der Waals surface area contributed by atoms with Gasteiger partial charge in [-0.2, -0.15) is 0 Å².